The summed E-state index contributed by atoms with van der Waals surface area (Å²) < 4.78 is 4.81. The van der Waals surface area contributed by atoms with Crippen molar-refractivity contribution in [3.05, 3.63) is 67.1 Å². The number of hydrogen-bond donors (Lipinski definition) is 1. The van der Waals surface area contributed by atoms with Crippen molar-refractivity contribution in [2.24, 2.45) is 0 Å². The standard InChI is InChI=1S/C15H9Cl3N2O5/c16-10-5-4-8(20(23)24)6-9(10)15(22)25-7-13(21)19-14-11(17)2-1-3-12(14)18/h1-6H,7H2,(H,19,21). The molecular weight excluding hydrogens is 395 g/mol. The highest BCUT2D eigenvalue weighted by Gasteiger charge is 2.18. The second-order valence-corrected chi connectivity index (χ2v) is 5.86. The minimum atomic E-state index is -0.978. The molecule has 10 heteroatoms. The zero-order chi connectivity index (χ0) is 18.6. The topological polar surface area (TPSA) is 98.5 Å². The molecular formula is C15H9Cl3N2O5. The van der Waals surface area contributed by atoms with Crippen molar-refractivity contribution in [1.29, 1.82) is 0 Å². The molecule has 0 unspecified atom stereocenters. The molecule has 0 aliphatic carbocycles. The average molecular weight is 404 g/mol. The molecule has 0 radical (unpaired) electrons. The number of para-hydroxylation sites is 1. The first kappa shape index (κ1) is 19.0. The zero-order valence-electron chi connectivity index (χ0n) is 12.3. The Labute approximate surface area is 156 Å². The van der Waals surface area contributed by atoms with Gasteiger partial charge in [0, 0.05) is 12.1 Å². The molecule has 0 saturated heterocycles. The number of nitro benzene ring substituents is 1. The molecule has 0 heterocycles. The van der Waals surface area contributed by atoms with Crippen LogP contribution in [0.15, 0.2) is 36.4 Å². The van der Waals surface area contributed by atoms with Crippen molar-refractivity contribution in [3.8, 4) is 0 Å². The van der Waals surface area contributed by atoms with Gasteiger partial charge in [0.1, 0.15) is 0 Å². The molecule has 0 aliphatic rings. The number of non-ortho nitro benzene ring substituents is 1. The third-order valence-electron chi connectivity index (χ3n) is 2.94. The number of nitro groups is 1. The maximum atomic E-state index is 12.0. The number of hydrogen-bond acceptors (Lipinski definition) is 5. The quantitative estimate of drug-likeness (QED) is 0.454. The Morgan fingerprint density at radius 1 is 1.08 bits per heavy atom. The van der Waals surface area contributed by atoms with E-state index in [2.05, 4.69) is 5.32 Å². The van der Waals surface area contributed by atoms with Crippen LogP contribution >= 0.6 is 34.8 Å². The van der Waals surface area contributed by atoms with Crippen LogP contribution in [0.4, 0.5) is 11.4 Å². The molecule has 1 amide bonds. The molecule has 0 spiro atoms. The van der Waals surface area contributed by atoms with Crippen LogP contribution in [0.25, 0.3) is 0 Å². The highest BCUT2D eigenvalue weighted by Crippen LogP contribution is 2.29. The Kier molecular flexibility index (Phi) is 6.19. The van der Waals surface area contributed by atoms with Gasteiger partial charge in [-0.3, -0.25) is 14.9 Å². The second-order valence-electron chi connectivity index (χ2n) is 4.64. The lowest BCUT2D eigenvalue weighted by atomic mass is 10.2. The molecule has 0 aliphatic heterocycles. The molecule has 2 aromatic rings. The van der Waals surface area contributed by atoms with Gasteiger partial charge < -0.3 is 10.1 Å². The molecule has 0 fully saturated rings. The summed E-state index contributed by atoms with van der Waals surface area (Å²) in [6.45, 7) is -0.653. The fourth-order valence-corrected chi connectivity index (χ4v) is 2.47. The third-order valence-corrected chi connectivity index (χ3v) is 3.90. The number of carbonyl (C=O) groups is 2. The fraction of sp³-hybridized carbons (Fsp3) is 0.0667. The number of nitrogens with one attached hydrogen (secondary N) is 1. The van der Waals surface area contributed by atoms with Gasteiger partial charge in [0.25, 0.3) is 11.6 Å². The number of anilines is 1. The Hall–Kier alpha value is -2.35. The lowest BCUT2D eigenvalue weighted by molar-refractivity contribution is -0.384. The molecule has 1 N–H and O–H groups in total. The van der Waals surface area contributed by atoms with Gasteiger partial charge in [0.05, 0.1) is 31.2 Å². The van der Waals surface area contributed by atoms with E-state index in [1.807, 2.05) is 0 Å². The number of nitrogens with zero attached hydrogens (tertiary/aromatic N) is 1. The fourth-order valence-electron chi connectivity index (χ4n) is 1.78. The zero-order valence-corrected chi connectivity index (χ0v) is 14.6. The van der Waals surface area contributed by atoms with Crippen LogP contribution in [0, 0.1) is 10.1 Å². The smallest absolute Gasteiger partial charge is 0.340 e. The summed E-state index contributed by atoms with van der Waals surface area (Å²) in [6.07, 6.45) is 0. The third kappa shape index (κ3) is 4.82. The van der Waals surface area contributed by atoms with E-state index >= 15 is 0 Å². The molecule has 0 atom stereocenters. The minimum absolute atomic E-state index is 0.0369. The van der Waals surface area contributed by atoms with E-state index in [0.717, 1.165) is 12.1 Å². The van der Waals surface area contributed by atoms with Crippen molar-refractivity contribution < 1.29 is 19.2 Å². The molecule has 0 aromatic heterocycles. The maximum Gasteiger partial charge on any atom is 0.340 e. The van der Waals surface area contributed by atoms with Gasteiger partial charge in [-0.15, -0.1) is 0 Å². The number of benzene rings is 2. The molecule has 0 bridgehead atoms. The van der Waals surface area contributed by atoms with Crippen molar-refractivity contribution in [2.75, 3.05) is 11.9 Å². The average Bonchev–Trinajstić information content (AvgIpc) is 2.56. The first-order chi connectivity index (χ1) is 11.8. The maximum absolute atomic E-state index is 12.0. The van der Waals surface area contributed by atoms with E-state index in [-0.39, 0.29) is 32.0 Å². The number of ether oxygens (including phenoxy) is 1. The van der Waals surface area contributed by atoms with Gasteiger partial charge in [-0.2, -0.15) is 0 Å². The summed E-state index contributed by atoms with van der Waals surface area (Å²) >= 11 is 17.6. The number of amides is 1. The van der Waals surface area contributed by atoms with Gasteiger partial charge >= 0.3 is 5.97 Å². The van der Waals surface area contributed by atoms with Crippen molar-refractivity contribution in [1.82, 2.24) is 0 Å². The van der Waals surface area contributed by atoms with Crippen molar-refractivity contribution in [3.63, 3.8) is 0 Å². The predicted octanol–water partition coefficient (Wildman–Crippen LogP) is 4.35. The molecule has 0 saturated carbocycles. The van der Waals surface area contributed by atoms with E-state index in [1.165, 1.54) is 18.2 Å². The normalized spacial score (nSPS) is 10.2. The first-order valence-corrected chi connectivity index (χ1v) is 7.78. The van der Waals surface area contributed by atoms with E-state index in [1.54, 1.807) is 6.07 Å². The van der Waals surface area contributed by atoms with Gasteiger partial charge in [-0.1, -0.05) is 40.9 Å². The second kappa shape index (κ2) is 8.15. The first-order valence-electron chi connectivity index (χ1n) is 6.64. The van der Waals surface area contributed by atoms with Crippen molar-refractivity contribution >= 4 is 58.1 Å². The monoisotopic (exact) mass is 402 g/mol. The molecule has 25 heavy (non-hydrogen) atoms. The number of halogens is 3. The van der Waals surface area contributed by atoms with Crippen LogP contribution in [0.1, 0.15) is 10.4 Å². The SMILES string of the molecule is O=C(COC(=O)c1cc([N+](=O)[O-])ccc1Cl)Nc1c(Cl)cccc1Cl. The Balaban J connectivity index is 2.04. The molecule has 2 rings (SSSR count). The lowest BCUT2D eigenvalue weighted by Gasteiger charge is -2.10. The summed E-state index contributed by atoms with van der Waals surface area (Å²) in [5, 5.41) is 13.5. The highest BCUT2D eigenvalue weighted by molar-refractivity contribution is 6.39. The predicted molar refractivity (Wildman–Crippen MR) is 93.5 cm³/mol. The summed E-state index contributed by atoms with van der Waals surface area (Å²) in [4.78, 5) is 33.9. The van der Waals surface area contributed by atoms with Crippen LogP contribution in [0.5, 0.6) is 0 Å². The van der Waals surface area contributed by atoms with Crippen molar-refractivity contribution in [2.45, 2.75) is 0 Å². The molecule has 2 aromatic carbocycles. The Morgan fingerprint density at radius 2 is 1.72 bits per heavy atom. The minimum Gasteiger partial charge on any atom is -0.452 e. The molecule has 130 valence electrons. The molecule has 7 nitrogen and oxygen atoms in total. The summed E-state index contributed by atoms with van der Waals surface area (Å²) in [5.74, 6) is -1.67. The number of carbonyl (C=O) groups excluding carboxylic acids is 2. The van der Waals surface area contributed by atoms with Gasteiger partial charge in [0.2, 0.25) is 0 Å². The van der Waals surface area contributed by atoms with E-state index in [4.69, 9.17) is 39.5 Å². The highest BCUT2D eigenvalue weighted by atomic mass is 35.5. The number of esters is 1. The van der Waals surface area contributed by atoms with E-state index in [0.29, 0.717) is 0 Å². The summed E-state index contributed by atoms with van der Waals surface area (Å²) in [6, 6.07) is 7.96. The van der Waals surface area contributed by atoms with Gasteiger partial charge in [-0.25, -0.2) is 4.79 Å². The van der Waals surface area contributed by atoms with E-state index in [9.17, 15) is 19.7 Å². The summed E-state index contributed by atoms with van der Waals surface area (Å²) in [5.41, 5.74) is -0.372. The largest absolute Gasteiger partial charge is 0.452 e. The van der Waals surface area contributed by atoms with Gasteiger partial charge in [0.15, 0.2) is 6.61 Å². The Bertz CT molecular complexity index is 837. The van der Waals surface area contributed by atoms with Crippen LogP contribution < -0.4 is 5.32 Å². The van der Waals surface area contributed by atoms with Crippen LogP contribution in [0.2, 0.25) is 15.1 Å². The van der Waals surface area contributed by atoms with E-state index < -0.39 is 23.4 Å². The Morgan fingerprint density at radius 3 is 2.32 bits per heavy atom. The van der Waals surface area contributed by atoms with Gasteiger partial charge in [-0.05, 0) is 18.2 Å². The van der Waals surface area contributed by atoms with Crippen LogP contribution in [-0.4, -0.2) is 23.4 Å². The summed E-state index contributed by atoms with van der Waals surface area (Å²) in [7, 11) is 0. The van der Waals surface area contributed by atoms with Crippen LogP contribution in [-0.2, 0) is 9.53 Å². The number of rotatable bonds is 5. The van der Waals surface area contributed by atoms with Crippen LogP contribution in [0.3, 0.4) is 0 Å². The lowest BCUT2D eigenvalue weighted by Crippen LogP contribution is -2.21.